The first-order valence-electron chi connectivity index (χ1n) is 7.32. The van der Waals surface area contributed by atoms with Crippen LogP contribution in [0.25, 0.3) is 0 Å². The number of ether oxygens (including phenoxy) is 2. The number of nitrogens with zero attached hydrogens (tertiary/aromatic N) is 1. The van der Waals surface area contributed by atoms with E-state index >= 15 is 0 Å². The molecule has 6 nitrogen and oxygen atoms in total. The van der Waals surface area contributed by atoms with Gasteiger partial charge in [0.1, 0.15) is 0 Å². The highest BCUT2D eigenvalue weighted by Gasteiger charge is 2.16. The van der Waals surface area contributed by atoms with Gasteiger partial charge in [0.05, 0.1) is 37.7 Å². The Balaban J connectivity index is 0.00000264. The van der Waals surface area contributed by atoms with Crippen LogP contribution < -0.4 is 15.5 Å². The number of nitrogens with one attached hydrogen (secondary N) is 2. The molecule has 1 aromatic carbocycles. The van der Waals surface area contributed by atoms with E-state index in [4.69, 9.17) is 9.47 Å². The van der Waals surface area contributed by atoms with Gasteiger partial charge >= 0.3 is 0 Å². The van der Waals surface area contributed by atoms with Gasteiger partial charge in [-0.2, -0.15) is 0 Å². The maximum Gasteiger partial charge on any atom is 0.238 e. The molecule has 1 heterocycles. The Morgan fingerprint density at radius 1 is 1.33 bits per heavy atom. The van der Waals surface area contributed by atoms with Crippen LogP contribution >= 0.6 is 40.7 Å². The van der Waals surface area contributed by atoms with E-state index in [9.17, 15) is 4.79 Å². The number of carbonyl (C=O) groups is 1. The Labute approximate surface area is 163 Å². The van der Waals surface area contributed by atoms with E-state index in [2.05, 4.69) is 31.5 Å². The van der Waals surface area contributed by atoms with E-state index in [0.29, 0.717) is 26.4 Å². The van der Waals surface area contributed by atoms with Crippen molar-refractivity contribution >= 4 is 58.0 Å². The topological polar surface area (TPSA) is 62.8 Å². The molecule has 0 radical (unpaired) electrons. The zero-order valence-corrected chi connectivity index (χ0v) is 16.8. The quantitative estimate of drug-likeness (QED) is 0.632. The fourth-order valence-electron chi connectivity index (χ4n) is 2.26. The van der Waals surface area contributed by atoms with Gasteiger partial charge in [-0.3, -0.25) is 4.79 Å². The smallest absolute Gasteiger partial charge is 0.238 e. The van der Waals surface area contributed by atoms with E-state index in [1.165, 1.54) is 0 Å². The van der Waals surface area contributed by atoms with Crippen LogP contribution in [0, 0.1) is 0 Å². The zero-order chi connectivity index (χ0) is 15.8. The Morgan fingerprint density at radius 3 is 2.71 bits per heavy atom. The summed E-state index contributed by atoms with van der Waals surface area (Å²) < 4.78 is 11.3. The third kappa shape index (κ3) is 7.55. The van der Waals surface area contributed by atoms with Gasteiger partial charge in [-0.25, -0.2) is 0 Å². The number of anilines is 2. The molecule has 1 aromatic rings. The molecule has 1 aliphatic rings. The SMILES string of the molecule is COCCNCC(=O)Nc1cc(Br)ccc1N1CCOCC1.Cl.Cl. The van der Waals surface area contributed by atoms with Crippen molar-refractivity contribution in [2.24, 2.45) is 0 Å². The molecule has 0 bridgehead atoms. The van der Waals surface area contributed by atoms with Crippen LogP contribution in [0.1, 0.15) is 0 Å². The maximum absolute atomic E-state index is 12.0. The number of hydrogen-bond donors (Lipinski definition) is 2. The Morgan fingerprint density at radius 2 is 2.04 bits per heavy atom. The van der Waals surface area contributed by atoms with E-state index in [1.54, 1.807) is 7.11 Å². The molecule has 0 aromatic heterocycles. The lowest BCUT2D eigenvalue weighted by molar-refractivity contribution is -0.115. The van der Waals surface area contributed by atoms with E-state index in [-0.39, 0.29) is 37.3 Å². The van der Waals surface area contributed by atoms with Crippen LogP contribution in [-0.2, 0) is 14.3 Å². The van der Waals surface area contributed by atoms with Crippen molar-refractivity contribution in [3.05, 3.63) is 22.7 Å². The molecule has 0 aliphatic carbocycles. The highest BCUT2D eigenvalue weighted by molar-refractivity contribution is 9.10. The predicted molar refractivity (Wildman–Crippen MR) is 105 cm³/mol. The van der Waals surface area contributed by atoms with Gasteiger partial charge < -0.3 is 25.0 Å². The first kappa shape index (κ1) is 23.4. The summed E-state index contributed by atoms with van der Waals surface area (Å²) in [6.07, 6.45) is 0. The van der Waals surface area contributed by atoms with Crippen molar-refractivity contribution in [2.75, 3.05) is 63.3 Å². The summed E-state index contributed by atoms with van der Waals surface area (Å²) >= 11 is 3.46. The number of amides is 1. The minimum absolute atomic E-state index is 0. The normalized spacial score (nSPS) is 13.7. The minimum Gasteiger partial charge on any atom is -0.383 e. The summed E-state index contributed by atoms with van der Waals surface area (Å²) in [6, 6.07) is 5.93. The largest absolute Gasteiger partial charge is 0.383 e. The highest BCUT2D eigenvalue weighted by Crippen LogP contribution is 2.29. The van der Waals surface area contributed by atoms with Gasteiger partial charge in [0.25, 0.3) is 0 Å². The van der Waals surface area contributed by atoms with Crippen molar-refractivity contribution in [1.29, 1.82) is 0 Å². The van der Waals surface area contributed by atoms with Crippen LogP contribution in [0.3, 0.4) is 0 Å². The molecule has 9 heteroatoms. The third-order valence-corrected chi connectivity index (χ3v) is 3.85. The van der Waals surface area contributed by atoms with Gasteiger partial charge in [-0.1, -0.05) is 15.9 Å². The molecule has 1 fully saturated rings. The summed E-state index contributed by atoms with van der Waals surface area (Å²) in [4.78, 5) is 14.3. The second-order valence-electron chi connectivity index (χ2n) is 4.98. The number of benzene rings is 1. The molecule has 0 atom stereocenters. The second kappa shape index (κ2) is 12.7. The fourth-order valence-corrected chi connectivity index (χ4v) is 2.62. The molecule has 0 saturated carbocycles. The van der Waals surface area contributed by atoms with E-state index in [0.717, 1.165) is 28.9 Å². The fraction of sp³-hybridized carbons (Fsp3) is 0.533. The summed E-state index contributed by atoms with van der Waals surface area (Å²) in [5.74, 6) is -0.0660. The van der Waals surface area contributed by atoms with Gasteiger partial charge in [0.2, 0.25) is 5.91 Å². The summed E-state index contributed by atoms with van der Waals surface area (Å²) in [6.45, 7) is 4.58. The van der Waals surface area contributed by atoms with Crippen molar-refractivity contribution in [1.82, 2.24) is 5.32 Å². The van der Waals surface area contributed by atoms with Crippen molar-refractivity contribution in [3.8, 4) is 0 Å². The maximum atomic E-state index is 12.0. The Hall–Kier alpha value is -0.570. The minimum atomic E-state index is -0.0660. The summed E-state index contributed by atoms with van der Waals surface area (Å²) in [5.41, 5.74) is 1.84. The van der Waals surface area contributed by atoms with Gasteiger partial charge in [-0.15, -0.1) is 24.8 Å². The second-order valence-corrected chi connectivity index (χ2v) is 5.89. The zero-order valence-electron chi connectivity index (χ0n) is 13.5. The average molecular weight is 445 g/mol. The lowest BCUT2D eigenvalue weighted by Gasteiger charge is -2.30. The van der Waals surface area contributed by atoms with Gasteiger partial charge in [-0.05, 0) is 18.2 Å². The molecular weight excluding hydrogens is 421 g/mol. The monoisotopic (exact) mass is 443 g/mol. The van der Waals surface area contributed by atoms with Gasteiger partial charge in [0, 0.05) is 31.2 Å². The first-order chi connectivity index (χ1) is 10.7. The lowest BCUT2D eigenvalue weighted by Crippen LogP contribution is -2.37. The predicted octanol–water partition coefficient (Wildman–Crippen LogP) is 2.30. The molecule has 24 heavy (non-hydrogen) atoms. The van der Waals surface area contributed by atoms with Crippen LogP contribution in [0.2, 0.25) is 0 Å². The van der Waals surface area contributed by atoms with E-state index in [1.807, 2.05) is 18.2 Å². The van der Waals surface area contributed by atoms with Crippen LogP contribution in [0.4, 0.5) is 11.4 Å². The number of rotatable bonds is 7. The first-order valence-corrected chi connectivity index (χ1v) is 8.12. The molecule has 1 aliphatic heterocycles. The van der Waals surface area contributed by atoms with Crippen molar-refractivity contribution in [3.63, 3.8) is 0 Å². The molecule has 2 rings (SSSR count). The highest BCUT2D eigenvalue weighted by atomic mass is 79.9. The number of morpholine rings is 1. The molecular formula is C15H24BrCl2N3O3. The molecule has 2 N–H and O–H groups in total. The summed E-state index contributed by atoms with van der Waals surface area (Å²) in [7, 11) is 1.64. The average Bonchev–Trinajstić information content (AvgIpc) is 2.53. The standard InChI is InChI=1S/C15H22BrN3O3.2ClH/c1-21-7-4-17-11-15(20)18-13-10-12(16)2-3-14(13)19-5-8-22-9-6-19;;/h2-3,10,17H,4-9,11H2,1H3,(H,18,20);2*1H. The number of methoxy groups -OCH3 is 1. The number of carbonyl (C=O) groups excluding carboxylic acids is 1. The molecule has 1 amide bonds. The van der Waals surface area contributed by atoms with Crippen molar-refractivity contribution < 1.29 is 14.3 Å². The molecule has 0 spiro atoms. The van der Waals surface area contributed by atoms with Gasteiger partial charge in [0.15, 0.2) is 0 Å². The Bertz CT molecular complexity index is 503. The molecule has 138 valence electrons. The van der Waals surface area contributed by atoms with Crippen LogP contribution in [0.15, 0.2) is 22.7 Å². The van der Waals surface area contributed by atoms with Crippen LogP contribution in [-0.4, -0.2) is 59.0 Å². The van der Waals surface area contributed by atoms with Crippen molar-refractivity contribution in [2.45, 2.75) is 0 Å². The molecule has 1 saturated heterocycles. The molecule has 0 unspecified atom stereocenters. The van der Waals surface area contributed by atoms with Crippen LogP contribution in [0.5, 0.6) is 0 Å². The number of halogens is 3. The third-order valence-electron chi connectivity index (χ3n) is 3.35. The summed E-state index contributed by atoms with van der Waals surface area (Å²) in [5, 5.41) is 6.01. The lowest BCUT2D eigenvalue weighted by atomic mass is 10.2. The Kier molecular flexibility index (Phi) is 12.4. The van der Waals surface area contributed by atoms with E-state index < -0.39 is 0 Å². The number of hydrogen-bond acceptors (Lipinski definition) is 5.